The molecule has 3 atom stereocenters. The average molecular weight is 710 g/mol. The number of aliphatic carboxylic acids is 1. The van der Waals surface area contributed by atoms with Crippen molar-refractivity contribution in [2.45, 2.75) is 44.2 Å². The normalized spacial score (nSPS) is 17.5. The number of primary amides is 1. The number of ether oxygens (including phenoxy) is 2. The highest BCUT2D eigenvalue weighted by Crippen LogP contribution is 2.46. The van der Waals surface area contributed by atoms with Gasteiger partial charge in [-0.2, -0.15) is 0 Å². The molecule has 0 radical (unpaired) electrons. The van der Waals surface area contributed by atoms with Gasteiger partial charge in [0.25, 0.3) is 0 Å². The number of carbonyl (C=O) groups is 3. The molecule has 12 heteroatoms. The first-order valence-electron chi connectivity index (χ1n) is 13.0. The summed E-state index contributed by atoms with van der Waals surface area (Å²) in [7, 11) is 1.72. The van der Waals surface area contributed by atoms with E-state index in [1.165, 1.54) is 5.56 Å². The predicted octanol–water partition coefficient (Wildman–Crippen LogP) is 6.80. The molecule has 3 aromatic rings. The molecule has 3 unspecified atom stereocenters. The van der Waals surface area contributed by atoms with Crippen LogP contribution in [0.4, 0.5) is 10.5 Å². The first kappa shape index (κ1) is 31.0. The van der Waals surface area contributed by atoms with E-state index in [0.29, 0.717) is 20.6 Å². The number of halogens is 2. The second kappa shape index (κ2) is 13.8. The van der Waals surface area contributed by atoms with Gasteiger partial charge in [0.15, 0.2) is 17.2 Å². The van der Waals surface area contributed by atoms with Crippen LogP contribution in [0.1, 0.15) is 40.9 Å². The molecule has 0 spiro atoms. The molecule has 4 rings (SSSR count). The molecule has 1 aliphatic carbocycles. The fourth-order valence-electron chi connectivity index (χ4n) is 5.41. The Kier molecular flexibility index (Phi) is 10.5. The van der Waals surface area contributed by atoms with Crippen LogP contribution in [0.3, 0.4) is 0 Å². The quantitative estimate of drug-likeness (QED) is 0.199. The number of benzene rings is 2. The minimum Gasteiger partial charge on any atom is -0.479 e. The first-order chi connectivity index (χ1) is 19.6. The summed E-state index contributed by atoms with van der Waals surface area (Å²) in [6, 6.07) is 14.6. The van der Waals surface area contributed by atoms with Gasteiger partial charge in [0, 0.05) is 23.3 Å². The lowest BCUT2D eigenvalue weighted by atomic mass is 9.79. The Hall–Kier alpha value is -2.93. The van der Waals surface area contributed by atoms with Crippen molar-refractivity contribution in [1.82, 2.24) is 0 Å². The van der Waals surface area contributed by atoms with Crippen LogP contribution < -0.4 is 15.4 Å². The highest BCUT2D eigenvalue weighted by molar-refractivity contribution is 9.11. The number of carbonyl (C=O) groups excluding carboxylic acids is 1. The molecule has 2 amide bonds. The van der Waals surface area contributed by atoms with E-state index in [1.807, 2.05) is 12.1 Å². The lowest BCUT2D eigenvalue weighted by Gasteiger charge is -2.39. The molecule has 9 nitrogen and oxygen atoms in total. The molecule has 1 fully saturated rings. The molecular formula is C29H30Br2N2O7S. The molecule has 1 aliphatic rings. The smallest absolute Gasteiger partial charge is 0.349 e. The van der Waals surface area contributed by atoms with Crippen molar-refractivity contribution in [2.24, 2.45) is 11.7 Å². The zero-order valence-electron chi connectivity index (χ0n) is 22.2. The van der Waals surface area contributed by atoms with E-state index < -0.39 is 24.6 Å². The zero-order valence-corrected chi connectivity index (χ0v) is 26.2. The monoisotopic (exact) mass is 708 g/mol. The summed E-state index contributed by atoms with van der Waals surface area (Å²) >= 11 is 7.88. The molecule has 1 heterocycles. The number of anilines is 1. The second-order valence-electron chi connectivity index (χ2n) is 9.84. The number of methoxy groups -OCH3 is 1. The Morgan fingerprint density at radius 2 is 1.88 bits per heavy atom. The van der Waals surface area contributed by atoms with Crippen LogP contribution >= 0.6 is 43.2 Å². The third-order valence-electron chi connectivity index (χ3n) is 7.17. The number of urea groups is 1. The number of thiophene rings is 1. The van der Waals surface area contributed by atoms with E-state index >= 15 is 0 Å². The van der Waals surface area contributed by atoms with Gasteiger partial charge in [-0.1, -0.05) is 46.6 Å². The molecule has 1 aromatic heterocycles. The summed E-state index contributed by atoms with van der Waals surface area (Å²) in [6.07, 6.45) is 4.14. The Labute approximate surface area is 258 Å². The fourth-order valence-corrected chi connectivity index (χ4v) is 7.75. The SMILES string of the molecule is COC(Cc1cccc(Br)c1)C1CCCC(N(C(N)=O)c2cccc(-c3sc(C(=O)O)c(OCC(=O)O)c3Br)c2)C1. The van der Waals surface area contributed by atoms with Crippen molar-refractivity contribution in [1.29, 1.82) is 0 Å². The summed E-state index contributed by atoms with van der Waals surface area (Å²) in [5.41, 5.74) is 8.33. The van der Waals surface area contributed by atoms with Crippen molar-refractivity contribution in [3.8, 4) is 16.2 Å². The maximum Gasteiger partial charge on any atom is 0.349 e. The predicted molar refractivity (Wildman–Crippen MR) is 164 cm³/mol. The maximum atomic E-state index is 12.8. The Morgan fingerprint density at radius 3 is 2.54 bits per heavy atom. The molecule has 0 aliphatic heterocycles. The van der Waals surface area contributed by atoms with Crippen molar-refractivity contribution in [3.63, 3.8) is 0 Å². The van der Waals surface area contributed by atoms with Crippen LogP contribution in [-0.4, -0.2) is 54.0 Å². The van der Waals surface area contributed by atoms with Crippen LogP contribution in [0.25, 0.3) is 10.4 Å². The molecule has 218 valence electrons. The van der Waals surface area contributed by atoms with Gasteiger partial charge in [-0.15, -0.1) is 11.3 Å². The van der Waals surface area contributed by atoms with Crippen LogP contribution in [0, 0.1) is 5.92 Å². The number of nitrogens with two attached hydrogens (primary N) is 1. The number of rotatable bonds is 11. The molecule has 41 heavy (non-hydrogen) atoms. The number of aromatic carboxylic acids is 1. The highest BCUT2D eigenvalue weighted by Gasteiger charge is 2.34. The van der Waals surface area contributed by atoms with Gasteiger partial charge < -0.3 is 25.4 Å². The fraction of sp³-hybridized carbons (Fsp3) is 0.345. The zero-order chi connectivity index (χ0) is 29.7. The van der Waals surface area contributed by atoms with Gasteiger partial charge in [0.2, 0.25) is 0 Å². The summed E-state index contributed by atoms with van der Waals surface area (Å²) in [6.45, 7) is -0.683. The average Bonchev–Trinajstić information content (AvgIpc) is 3.27. The van der Waals surface area contributed by atoms with Crippen molar-refractivity contribution >= 4 is 66.9 Å². The summed E-state index contributed by atoms with van der Waals surface area (Å²) in [4.78, 5) is 37.7. The Balaban J connectivity index is 1.60. The minimum absolute atomic E-state index is 0.0195. The molecule has 2 aromatic carbocycles. The van der Waals surface area contributed by atoms with Crippen molar-refractivity contribution in [2.75, 3.05) is 18.6 Å². The van der Waals surface area contributed by atoms with Crippen LogP contribution in [0.5, 0.6) is 5.75 Å². The van der Waals surface area contributed by atoms with Crippen LogP contribution in [-0.2, 0) is 16.0 Å². The molecule has 0 saturated heterocycles. The topological polar surface area (TPSA) is 139 Å². The van der Waals surface area contributed by atoms with Crippen LogP contribution in [0.15, 0.2) is 57.5 Å². The Bertz CT molecular complexity index is 1430. The molecule has 4 N–H and O–H groups in total. The van der Waals surface area contributed by atoms with E-state index in [2.05, 4.69) is 44.0 Å². The minimum atomic E-state index is -1.24. The summed E-state index contributed by atoms with van der Waals surface area (Å²) in [5.74, 6) is -2.29. The van der Waals surface area contributed by atoms with E-state index in [0.717, 1.165) is 47.9 Å². The van der Waals surface area contributed by atoms with Gasteiger partial charge in [-0.05, 0) is 82.9 Å². The third kappa shape index (κ3) is 7.48. The number of amides is 2. The third-order valence-corrected chi connectivity index (χ3v) is 9.89. The van der Waals surface area contributed by atoms with Gasteiger partial charge >= 0.3 is 18.0 Å². The van der Waals surface area contributed by atoms with Gasteiger partial charge in [-0.25, -0.2) is 14.4 Å². The lowest BCUT2D eigenvalue weighted by Crippen LogP contribution is -2.47. The first-order valence-corrected chi connectivity index (χ1v) is 15.4. The van der Waals surface area contributed by atoms with Crippen LogP contribution in [0.2, 0.25) is 0 Å². The maximum absolute atomic E-state index is 12.8. The summed E-state index contributed by atoms with van der Waals surface area (Å²) in [5, 5.41) is 18.7. The highest BCUT2D eigenvalue weighted by atomic mass is 79.9. The largest absolute Gasteiger partial charge is 0.479 e. The van der Waals surface area contributed by atoms with E-state index in [1.54, 1.807) is 36.3 Å². The standard InChI is InChI=1S/C29H30Br2N2O7S/c1-39-22(12-16-5-2-8-19(30)11-16)17-6-3-9-20(13-17)33(29(32)38)21-10-4-7-18(14-21)26-24(31)25(40-15-23(34)35)27(41-26)28(36)37/h2,4-5,7-8,10-11,14,17,20,22H,3,6,9,12-13,15H2,1H3,(H2,32,38)(H,34,35)(H,36,37). The van der Waals surface area contributed by atoms with E-state index in [-0.39, 0.29) is 28.7 Å². The van der Waals surface area contributed by atoms with Crippen molar-refractivity contribution in [3.05, 3.63) is 67.9 Å². The summed E-state index contributed by atoms with van der Waals surface area (Å²) < 4.78 is 12.6. The van der Waals surface area contributed by atoms with E-state index in [4.69, 9.17) is 20.3 Å². The van der Waals surface area contributed by atoms with Gasteiger partial charge in [0.1, 0.15) is 0 Å². The van der Waals surface area contributed by atoms with Gasteiger partial charge in [-0.3, -0.25) is 4.90 Å². The second-order valence-corrected chi connectivity index (χ2v) is 12.6. The van der Waals surface area contributed by atoms with E-state index in [9.17, 15) is 19.5 Å². The number of carboxylic acids is 2. The number of carboxylic acid groups (broad SMARTS) is 2. The number of hydrogen-bond donors (Lipinski definition) is 3. The number of hydrogen-bond acceptors (Lipinski definition) is 6. The molecule has 0 bridgehead atoms. The molecule has 1 saturated carbocycles. The number of nitrogens with zero attached hydrogens (tertiary/aromatic N) is 1. The Morgan fingerprint density at radius 1 is 1.12 bits per heavy atom. The van der Waals surface area contributed by atoms with Crippen molar-refractivity contribution < 1.29 is 34.1 Å². The van der Waals surface area contributed by atoms with Gasteiger partial charge in [0.05, 0.1) is 15.5 Å². The molecular weight excluding hydrogens is 680 g/mol. The lowest BCUT2D eigenvalue weighted by molar-refractivity contribution is -0.139.